The second-order valence-corrected chi connectivity index (χ2v) is 5.78. The zero-order valence-corrected chi connectivity index (χ0v) is 12.2. The van der Waals surface area contributed by atoms with E-state index in [2.05, 4.69) is 17.0 Å². The van der Waals surface area contributed by atoms with E-state index in [0.29, 0.717) is 5.82 Å². The smallest absolute Gasteiger partial charge is 0.181 e. The molecule has 1 fully saturated rings. The summed E-state index contributed by atoms with van der Waals surface area (Å²) in [7, 11) is 0. The SMILES string of the molecule is CCCCn1nc(-c2ccc(F)cc2)nc1C1(CO)CC1. The molecule has 2 aromatic rings. The van der Waals surface area contributed by atoms with Crippen molar-refractivity contribution < 1.29 is 9.50 Å². The first-order valence-electron chi connectivity index (χ1n) is 7.50. The number of nitrogens with zero attached hydrogens (tertiary/aromatic N) is 3. The molecule has 1 aromatic carbocycles. The molecule has 0 atom stereocenters. The summed E-state index contributed by atoms with van der Waals surface area (Å²) in [6.07, 6.45) is 4.02. The first-order chi connectivity index (χ1) is 10.2. The maximum atomic E-state index is 13.0. The van der Waals surface area contributed by atoms with E-state index < -0.39 is 0 Å². The molecule has 1 N–H and O–H groups in total. The summed E-state index contributed by atoms with van der Waals surface area (Å²) >= 11 is 0. The molecule has 0 spiro atoms. The highest BCUT2D eigenvalue weighted by Gasteiger charge is 2.48. The van der Waals surface area contributed by atoms with E-state index in [-0.39, 0.29) is 17.8 Å². The van der Waals surface area contributed by atoms with E-state index in [1.54, 1.807) is 12.1 Å². The first-order valence-corrected chi connectivity index (χ1v) is 7.50. The van der Waals surface area contributed by atoms with Crippen molar-refractivity contribution >= 4 is 0 Å². The number of rotatable bonds is 6. The molecule has 1 aliphatic rings. The standard InChI is InChI=1S/C16H20FN3O/c1-2-3-10-20-15(16(11-21)8-9-16)18-14(19-20)12-4-6-13(17)7-5-12/h4-7,21H,2-3,8-11H2,1H3. The van der Waals surface area contributed by atoms with Crippen LogP contribution in [0.15, 0.2) is 24.3 Å². The molecule has 0 amide bonds. The summed E-state index contributed by atoms with van der Waals surface area (Å²) < 4.78 is 15.0. The van der Waals surface area contributed by atoms with Crippen molar-refractivity contribution in [1.29, 1.82) is 0 Å². The highest BCUT2D eigenvalue weighted by Crippen LogP contribution is 2.47. The quantitative estimate of drug-likeness (QED) is 0.889. The van der Waals surface area contributed by atoms with Crippen LogP contribution in [0, 0.1) is 5.82 Å². The fraction of sp³-hybridized carbons (Fsp3) is 0.500. The molecular formula is C16H20FN3O. The number of unbranched alkanes of at least 4 members (excludes halogenated alkanes) is 1. The molecule has 0 radical (unpaired) electrons. The van der Waals surface area contributed by atoms with Gasteiger partial charge in [0.05, 0.1) is 12.0 Å². The fourth-order valence-corrected chi connectivity index (χ4v) is 2.52. The molecule has 5 heteroatoms. The van der Waals surface area contributed by atoms with Crippen molar-refractivity contribution in [2.45, 2.75) is 44.6 Å². The van der Waals surface area contributed by atoms with Crippen molar-refractivity contribution in [1.82, 2.24) is 14.8 Å². The van der Waals surface area contributed by atoms with E-state index >= 15 is 0 Å². The predicted octanol–water partition coefficient (Wildman–Crippen LogP) is 2.91. The van der Waals surface area contributed by atoms with Crippen LogP contribution in [0.1, 0.15) is 38.4 Å². The van der Waals surface area contributed by atoms with E-state index in [0.717, 1.165) is 43.6 Å². The third-order valence-electron chi connectivity index (χ3n) is 4.13. The molecule has 112 valence electrons. The van der Waals surface area contributed by atoms with Crippen LogP contribution in [0.2, 0.25) is 0 Å². The Balaban J connectivity index is 1.97. The van der Waals surface area contributed by atoms with Crippen LogP contribution in [0.25, 0.3) is 11.4 Å². The van der Waals surface area contributed by atoms with Crippen LogP contribution < -0.4 is 0 Å². The summed E-state index contributed by atoms with van der Waals surface area (Å²) in [5.74, 6) is 1.22. The van der Waals surface area contributed by atoms with Crippen molar-refractivity contribution in [2.75, 3.05) is 6.61 Å². The summed E-state index contributed by atoms with van der Waals surface area (Å²) in [5.41, 5.74) is 0.598. The normalized spacial score (nSPS) is 16.1. The van der Waals surface area contributed by atoms with Gasteiger partial charge in [-0.2, -0.15) is 5.10 Å². The van der Waals surface area contributed by atoms with Crippen LogP contribution >= 0.6 is 0 Å². The lowest BCUT2D eigenvalue weighted by Gasteiger charge is -2.12. The Hall–Kier alpha value is -1.75. The van der Waals surface area contributed by atoms with Crippen molar-refractivity contribution in [2.24, 2.45) is 0 Å². The van der Waals surface area contributed by atoms with Gasteiger partial charge >= 0.3 is 0 Å². The Bertz CT molecular complexity index is 617. The molecule has 0 bridgehead atoms. The highest BCUT2D eigenvalue weighted by atomic mass is 19.1. The minimum Gasteiger partial charge on any atom is -0.395 e. The maximum absolute atomic E-state index is 13.0. The van der Waals surface area contributed by atoms with Gasteiger partial charge in [-0.1, -0.05) is 13.3 Å². The second kappa shape index (κ2) is 5.56. The molecule has 4 nitrogen and oxygen atoms in total. The number of aromatic nitrogens is 3. The Morgan fingerprint density at radius 2 is 2.00 bits per heavy atom. The molecule has 1 aliphatic carbocycles. The molecule has 1 saturated carbocycles. The largest absolute Gasteiger partial charge is 0.395 e. The van der Waals surface area contributed by atoms with Crippen LogP contribution in [-0.2, 0) is 12.0 Å². The highest BCUT2D eigenvalue weighted by molar-refractivity contribution is 5.54. The van der Waals surface area contributed by atoms with Gasteiger partial charge in [0.1, 0.15) is 11.6 Å². The van der Waals surface area contributed by atoms with Crippen molar-refractivity contribution in [3.8, 4) is 11.4 Å². The molecular weight excluding hydrogens is 269 g/mol. The number of aliphatic hydroxyl groups is 1. The van der Waals surface area contributed by atoms with Crippen LogP contribution in [0.4, 0.5) is 4.39 Å². The zero-order chi connectivity index (χ0) is 14.9. The van der Waals surface area contributed by atoms with E-state index in [1.807, 2.05) is 4.68 Å². The predicted molar refractivity (Wildman–Crippen MR) is 78.3 cm³/mol. The monoisotopic (exact) mass is 289 g/mol. The van der Waals surface area contributed by atoms with Gasteiger partial charge in [-0.25, -0.2) is 14.1 Å². The minimum absolute atomic E-state index is 0.112. The molecule has 0 saturated heterocycles. The number of aryl methyl sites for hydroxylation is 1. The third kappa shape index (κ3) is 2.70. The maximum Gasteiger partial charge on any atom is 0.181 e. The van der Waals surface area contributed by atoms with Crippen molar-refractivity contribution in [3.63, 3.8) is 0 Å². The summed E-state index contributed by atoms with van der Waals surface area (Å²) in [6.45, 7) is 3.05. The average Bonchev–Trinajstić information content (AvgIpc) is 3.19. The van der Waals surface area contributed by atoms with Gasteiger partial charge in [0, 0.05) is 12.1 Å². The zero-order valence-electron chi connectivity index (χ0n) is 12.2. The van der Waals surface area contributed by atoms with Crippen LogP contribution in [0.5, 0.6) is 0 Å². The fourth-order valence-electron chi connectivity index (χ4n) is 2.52. The lowest BCUT2D eigenvalue weighted by atomic mass is 10.1. The number of halogens is 1. The minimum atomic E-state index is -0.265. The summed E-state index contributed by atoms with van der Waals surface area (Å²) in [5, 5.41) is 14.2. The van der Waals surface area contributed by atoms with Gasteiger partial charge in [0.2, 0.25) is 0 Å². The Morgan fingerprint density at radius 3 is 2.57 bits per heavy atom. The Morgan fingerprint density at radius 1 is 1.29 bits per heavy atom. The van der Waals surface area contributed by atoms with Gasteiger partial charge in [-0.15, -0.1) is 0 Å². The second-order valence-electron chi connectivity index (χ2n) is 5.78. The molecule has 1 aromatic heterocycles. The van der Waals surface area contributed by atoms with Gasteiger partial charge in [0.15, 0.2) is 5.82 Å². The number of hydrogen-bond acceptors (Lipinski definition) is 3. The molecule has 0 unspecified atom stereocenters. The Kier molecular flexibility index (Phi) is 3.76. The van der Waals surface area contributed by atoms with Gasteiger partial charge in [-0.05, 0) is 43.5 Å². The first kappa shape index (κ1) is 14.2. The average molecular weight is 289 g/mol. The molecule has 3 rings (SSSR count). The Labute approximate surface area is 123 Å². The molecule has 21 heavy (non-hydrogen) atoms. The lowest BCUT2D eigenvalue weighted by Crippen LogP contribution is -2.19. The number of benzene rings is 1. The number of hydrogen-bond donors (Lipinski definition) is 1. The van der Waals surface area contributed by atoms with E-state index in [9.17, 15) is 9.50 Å². The lowest BCUT2D eigenvalue weighted by molar-refractivity contribution is 0.245. The van der Waals surface area contributed by atoms with Gasteiger partial charge < -0.3 is 5.11 Å². The summed E-state index contributed by atoms with van der Waals surface area (Å²) in [6, 6.07) is 6.22. The molecule has 0 aliphatic heterocycles. The third-order valence-corrected chi connectivity index (χ3v) is 4.13. The van der Waals surface area contributed by atoms with Gasteiger partial charge in [0.25, 0.3) is 0 Å². The van der Waals surface area contributed by atoms with Crippen molar-refractivity contribution in [3.05, 3.63) is 35.9 Å². The topological polar surface area (TPSA) is 50.9 Å². The molecule has 1 heterocycles. The van der Waals surface area contributed by atoms with E-state index in [4.69, 9.17) is 0 Å². The van der Waals surface area contributed by atoms with E-state index in [1.165, 1.54) is 12.1 Å². The number of aliphatic hydroxyl groups excluding tert-OH is 1. The van der Waals surface area contributed by atoms with Crippen LogP contribution in [-0.4, -0.2) is 26.5 Å². The van der Waals surface area contributed by atoms with Gasteiger partial charge in [-0.3, -0.25) is 0 Å². The summed E-state index contributed by atoms with van der Waals surface area (Å²) in [4.78, 5) is 4.64. The van der Waals surface area contributed by atoms with Crippen LogP contribution in [0.3, 0.4) is 0 Å².